The van der Waals surface area contributed by atoms with Crippen molar-refractivity contribution in [2.45, 2.75) is 0 Å². The van der Waals surface area contributed by atoms with Crippen molar-refractivity contribution in [1.29, 1.82) is 0 Å². The van der Waals surface area contributed by atoms with Gasteiger partial charge in [0.2, 0.25) is 0 Å². The summed E-state index contributed by atoms with van der Waals surface area (Å²) in [5.74, 6) is -2.30. The fourth-order valence-electron chi connectivity index (χ4n) is 6.34. The Balaban J connectivity index is 0.000000152. The number of hydrogen-bond acceptors (Lipinski definition) is 8. The number of halogens is 2. The van der Waals surface area contributed by atoms with E-state index in [2.05, 4.69) is 30.2 Å². The minimum absolute atomic E-state index is 0.0195. The molecule has 9 rings (SSSR count). The van der Waals surface area contributed by atoms with Gasteiger partial charge in [-0.2, -0.15) is 0 Å². The van der Waals surface area contributed by atoms with E-state index in [4.69, 9.17) is 4.74 Å². The van der Waals surface area contributed by atoms with E-state index in [0.717, 1.165) is 55.6 Å². The number of ether oxygens (including phenoxy) is 1. The van der Waals surface area contributed by atoms with Crippen LogP contribution < -0.4 is 5.32 Å². The molecule has 12 nitrogen and oxygen atoms in total. The predicted octanol–water partition coefficient (Wildman–Crippen LogP) is 5.11. The Kier molecular flexibility index (Phi) is 7.93. The van der Waals surface area contributed by atoms with Crippen molar-refractivity contribution < 1.29 is 28.2 Å². The fraction of sp³-hybridized carbons (Fsp3) is 0.167. The van der Waals surface area contributed by atoms with E-state index in [1.807, 2.05) is 46.9 Å². The number of para-hydroxylation sites is 4. The first kappa shape index (κ1) is 31.2. The number of amides is 1. The van der Waals surface area contributed by atoms with Crippen molar-refractivity contribution in [3.05, 3.63) is 108 Å². The van der Waals surface area contributed by atoms with Crippen molar-refractivity contribution in [3.63, 3.8) is 0 Å². The molecule has 6 aromatic heterocycles. The lowest BCUT2D eigenvalue weighted by Crippen LogP contribution is -2.41. The number of carbonyl (C=O) groups is 2. The summed E-state index contributed by atoms with van der Waals surface area (Å²) < 4.78 is 36.0. The minimum Gasteiger partial charge on any atom is -0.478 e. The van der Waals surface area contributed by atoms with Gasteiger partial charge in [0.1, 0.15) is 28.5 Å². The number of carbonyl (C=O) groups excluding carboxylic acids is 1. The number of rotatable bonds is 5. The SMILES string of the molecule is O=C(NCCN1CCOCC1)c1cc2cc(F)cnc2n2c1nc1ccccc12.O=C(O)c1cc2cc(F)cnc2n2c1nc1ccccc12. The number of morpholine rings is 1. The molecule has 0 radical (unpaired) electrons. The van der Waals surface area contributed by atoms with Crippen LogP contribution in [0.1, 0.15) is 20.7 Å². The number of aromatic nitrogens is 6. The van der Waals surface area contributed by atoms with Crippen LogP contribution in [0.15, 0.2) is 85.2 Å². The van der Waals surface area contributed by atoms with Gasteiger partial charge < -0.3 is 15.2 Å². The van der Waals surface area contributed by atoms with E-state index < -0.39 is 17.6 Å². The number of carboxylic acids is 1. The zero-order valence-electron chi connectivity index (χ0n) is 26.4. The number of fused-ring (bicyclic) bond motifs is 10. The number of hydrogen-bond donors (Lipinski definition) is 2. The van der Waals surface area contributed by atoms with Gasteiger partial charge in [0.15, 0.2) is 11.3 Å². The first-order valence-corrected chi connectivity index (χ1v) is 15.9. The molecule has 14 heteroatoms. The summed E-state index contributed by atoms with van der Waals surface area (Å²) in [6.45, 7) is 4.45. The molecule has 0 unspecified atom stereocenters. The maximum atomic E-state index is 13.8. The van der Waals surface area contributed by atoms with E-state index in [0.29, 0.717) is 51.0 Å². The maximum Gasteiger partial charge on any atom is 0.339 e. The standard InChI is InChI=1S/C21H20FN5O2.C15H8FN3O2/c22-15-11-14-12-16(21(28)23-5-6-26-7-9-29-10-8-26)20-25-17-3-1-2-4-18(17)27(20)19(14)24-13-15;16-9-5-8-6-10(15(20)21)14-18-11-3-1-2-4-12(11)19(14)13(8)17-7-9/h1-4,11-13H,5-10H2,(H,23,28);1-7H,(H,20,21). The van der Waals surface area contributed by atoms with Crippen LogP contribution in [0.2, 0.25) is 0 Å². The van der Waals surface area contributed by atoms with Crippen molar-refractivity contribution in [1.82, 2.24) is 39.0 Å². The maximum absolute atomic E-state index is 13.8. The first-order chi connectivity index (χ1) is 24.4. The Morgan fingerprint density at radius 1 is 0.740 bits per heavy atom. The second-order valence-electron chi connectivity index (χ2n) is 11.8. The third kappa shape index (κ3) is 5.59. The number of aromatic carboxylic acids is 1. The zero-order chi connectivity index (χ0) is 34.4. The highest BCUT2D eigenvalue weighted by Gasteiger charge is 2.20. The highest BCUT2D eigenvalue weighted by molar-refractivity contribution is 6.05. The summed E-state index contributed by atoms with van der Waals surface area (Å²) in [7, 11) is 0. The van der Waals surface area contributed by atoms with Crippen LogP contribution >= 0.6 is 0 Å². The van der Waals surface area contributed by atoms with Crippen molar-refractivity contribution >= 4 is 67.3 Å². The molecule has 0 spiro atoms. The van der Waals surface area contributed by atoms with Gasteiger partial charge in [-0.15, -0.1) is 0 Å². The second kappa shape index (κ2) is 12.7. The predicted molar refractivity (Wildman–Crippen MR) is 182 cm³/mol. The van der Waals surface area contributed by atoms with Crippen LogP contribution in [-0.4, -0.2) is 90.0 Å². The molecule has 8 aromatic rings. The van der Waals surface area contributed by atoms with E-state index in [1.54, 1.807) is 16.5 Å². The topological polar surface area (TPSA) is 139 Å². The van der Waals surface area contributed by atoms with Gasteiger partial charge >= 0.3 is 5.97 Å². The zero-order valence-corrected chi connectivity index (χ0v) is 26.4. The third-order valence-corrected chi connectivity index (χ3v) is 8.64. The van der Waals surface area contributed by atoms with E-state index >= 15 is 0 Å². The molecule has 1 aliphatic heterocycles. The molecule has 2 N–H and O–H groups in total. The lowest BCUT2D eigenvalue weighted by molar-refractivity contribution is 0.0383. The number of nitrogens with zero attached hydrogens (tertiary/aromatic N) is 7. The van der Waals surface area contributed by atoms with Crippen molar-refractivity contribution in [3.8, 4) is 0 Å². The summed E-state index contributed by atoms with van der Waals surface area (Å²) in [4.78, 5) is 44.0. The molecule has 1 amide bonds. The van der Waals surface area contributed by atoms with Gasteiger partial charge in [0.05, 0.1) is 53.2 Å². The number of carboxylic acid groups (broad SMARTS) is 1. The van der Waals surface area contributed by atoms with Crippen LogP contribution in [0.4, 0.5) is 8.78 Å². The van der Waals surface area contributed by atoms with Crippen LogP contribution in [0.3, 0.4) is 0 Å². The fourth-order valence-corrected chi connectivity index (χ4v) is 6.34. The van der Waals surface area contributed by atoms with Gasteiger partial charge in [-0.1, -0.05) is 24.3 Å². The number of nitrogens with one attached hydrogen (secondary N) is 1. The minimum atomic E-state index is -1.11. The Bertz CT molecular complexity index is 2620. The Hall–Kier alpha value is -6.12. The quantitative estimate of drug-likeness (QED) is 0.255. The Labute approximate surface area is 281 Å². The van der Waals surface area contributed by atoms with Crippen molar-refractivity contribution in [2.24, 2.45) is 0 Å². The molecule has 250 valence electrons. The summed E-state index contributed by atoms with van der Waals surface area (Å²) in [5.41, 5.74) is 5.28. The summed E-state index contributed by atoms with van der Waals surface area (Å²) in [5, 5.41) is 13.3. The lowest BCUT2D eigenvalue weighted by atomic mass is 10.2. The average molecular weight is 675 g/mol. The molecule has 0 aliphatic carbocycles. The number of benzene rings is 2. The molecule has 7 heterocycles. The average Bonchev–Trinajstić information content (AvgIpc) is 3.71. The molecular formula is C36H28F2N8O4. The normalized spacial score (nSPS) is 13.7. The summed E-state index contributed by atoms with van der Waals surface area (Å²) in [6, 6.07) is 20.6. The summed E-state index contributed by atoms with van der Waals surface area (Å²) >= 11 is 0. The Morgan fingerprint density at radius 3 is 1.82 bits per heavy atom. The molecule has 1 aliphatic rings. The van der Waals surface area contributed by atoms with Crippen LogP contribution in [-0.2, 0) is 4.74 Å². The molecule has 0 bridgehead atoms. The Morgan fingerprint density at radius 2 is 1.26 bits per heavy atom. The second-order valence-corrected chi connectivity index (χ2v) is 11.8. The van der Waals surface area contributed by atoms with Crippen LogP contribution in [0.5, 0.6) is 0 Å². The molecule has 0 atom stereocenters. The lowest BCUT2D eigenvalue weighted by Gasteiger charge is -2.26. The summed E-state index contributed by atoms with van der Waals surface area (Å²) in [6.07, 6.45) is 2.29. The van der Waals surface area contributed by atoms with Gasteiger partial charge in [-0.05, 0) is 48.5 Å². The number of pyridine rings is 4. The highest BCUT2D eigenvalue weighted by atomic mass is 19.1. The molecular weight excluding hydrogens is 646 g/mol. The van der Waals surface area contributed by atoms with Crippen molar-refractivity contribution in [2.75, 3.05) is 39.4 Å². The van der Waals surface area contributed by atoms with E-state index in [9.17, 15) is 23.5 Å². The highest BCUT2D eigenvalue weighted by Crippen LogP contribution is 2.27. The molecule has 1 saturated heterocycles. The third-order valence-electron chi connectivity index (χ3n) is 8.64. The van der Waals surface area contributed by atoms with E-state index in [1.165, 1.54) is 24.4 Å². The smallest absolute Gasteiger partial charge is 0.339 e. The van der Waals surface area contributed by atoms with Gasteiger partial charge in [-0.25, -0.2) is 33.5 Å². The van der Waals surface area contributed by atoms with Gasteiger partial charge in [-0.3, -0.25) is 18.5 Å². The number of imidazole rings is 2. The molecule has 0 saturated carbocycles. The molecule has 2 aromatic carbocycles. The van der Waals surface area contributed by atoms with Gasteiger partial charge in [0, 0.05) is 37.0 Å². The molecule has 50 heavy (non-hydrogen) atoms. The van der Waals surface area contributed by atoms with Crippen LogP contribution in [0.25, 0.3) is 55.4 Å². The monoisotopic (exact) mass is 674 g/mol. The van der Waals surface area contributed by atoms with Crippen LogP contribution in [0, 0.1) is 11.6 Å². The van der Waals surface area contributed by atoms with E-state index in [-0.39, 0.29) is 11.5 Å². The first-order valence-electron chi connectivity index (χ1n) is 15.9. The van der Waals surface area contributed by atoms with Gasteiger partial charge in [0.25, 0.3) is 5.91 Å². The largest absolute Gasteiger partial charge is 0.478 e. The molecule has 1 fully saturated rings.